The van der Waals surface area contributed by atoms with Crippen molar-refractivity contribution in [1.29, 1.82) is 0 Å². The first kappa shape index (κ1) is 12.6. The quantitative estimate of drug-likeness (QED) is 0.814. The van der Waals surface area contributed by atoms with Crippen LogP contribution < -0.4 is 0 Å². The Balaban J connectivity index is 2.32. The summed E-state index contributed by atoms with van der Waals surface area (Å²) >= 11 is 0. The number of rotatable bonds is 2. The summed E-state index contributed by atoms with van der Waals surface area (Å²) < 4.78 is 0. The molecular weight excluding hydrogens is 214 g/mol. The van der Waals surface area contributed by atoms with Crippen LogP contribution in [0, 0.1) is 6.92 Å². The highest BCUT2D eigenvalue weighted by Crippen LogP contribution is 2.34. The molecule has 0 saturated carbocycles. The Bertz CT molecular complexity index is 395. The lowest BCUT2D eigenvalue weighted by Gasteiger charge is -2.38. The monoisotopic (exact) mass is 235 g/mol. The number of piperidine rings is 1. The van der Waals surface area contributed by atoms with Crippen molar-refractivity contribution in [3.63, 3.8) is 0 Å². The molecule has 0 aliphatic carbocycles. The van der Waals surface area contributed by atoms with Crippen LogP contribution in [0.3, 0.4) is 0 Å². The van der Waals surface area contributed by atoms with Gasteiger partial charge >= 0.3 is 0 Å². The number of nitrogens with zero attached hydrogens (tertiary/aromatic N) is 1. The second kappa shape index (κ2) is 4.77. The molecule has 3 heteroatoms. The summed E-state index contributed by atoms with van der Waals surface area (Å²) in [6.07, 6.45) is 1.47. The molecule has 2 rings (SSSR count). The highest BCUT2D eigenvalue weighted by atomic mass is 16.3. The number of benzene rings is 1. The average molecular weight is 235 g/mol. The molecule has 0 atom stereocenters. The summed E-state index contributed by atoms with van der Waals surface area (Å²) in [5.41, 5.74) is 2.11. The number of hydrogen-bond donors (Lipinski definition) is 2. The molecule has 0 bridgehead atoms. The Kier molecular flexibility index (Phi) is 3.52. The first-order chi connectivity index (χ1) is 8.05. The SMILES string of the molecule is Cc1ccc(C2(O)CCN(C)CC2)c(CO)c1. The van der Waals surface area contributed by atoms with Gasteiger partial charge < -0.3 is 15.1 Å². The molecular formula is C14H21NO2. The number of aliphatic hydroxyl groups excluding tert-OH is 1. The molecule has 17 heavy (non-hydrogen) atoms. The second-order valence-electron chi connectivity index (χ2n) is 5.15. The molecule has 1 aromatic carbocycles. The summed E-state index contributed by atoms with van der Waals surface area (Å²) in [5.74, 6) is 0. The Hall–Kier alpha value is -0.900. The van der Waals surface area contributed by atoms with Gasteiger partial charge in [0.05, 0.1) is 12.2 Å². The van der Waals surface area contributed by atoms with Crippen LogP contribution in [-0.2, 0) is 12.2 Å². The van der Waals surface area contributed by atoms with E-state index in [2.05, 4.69) is 11.9 Å². The van der Waals surface area contributed by atoms with Crippen molar-refractivity contribution in [1.82, 2.24) is 4.90 Å². The maximum Gasteiger partial charge on any atom is 0.0924 e. The van der Waals surface area contributed by atoms with Crippen molar-refractivity contribution in [3.8, 4) is 0 Å². The lowest BCUT2D eigenvalue weighted by atomic mass is 9.81. The molecule has 1 aromatic rings. The average Bonchev–Trinajstić information content (AvgIpc) is 2.33. The smallest absolute Gasteiger partial charge is 0.0924 e. The third kappa shape index (κ3) is 2.51. The molecule has 0 radical (unpaired) electrons. The van der Waals surface area contributed by atoms with Crippen molar-refractivity contribution in [2.75, 3.05) is 20.1 Å². The van der Waals surface area contributed by atoms with E-state index >= 15 is 0 Å². The maximum atomic E-state index is 10.7. The van der Waals surface area contributed by atoms with Gasteiger partial charge in [-0.25, -0.2) is 0 Å². The Morgan fingerprint density at radius 2 is 1.94 bits per heavy atom. The molecule has 94 valence electrons. The molecule has 0 amide bonds. The summed E-state index contributed by atoms with van der Waals surface area (Å²) in [5, 5.41) is 20.1. The van der Waals surface area contributed by atoms with Crippen LogP contribution in [0.5, 0.6) is 0 Å². The van der Waals surface area contributed by atoms with Crippen LogP contribution in [0.2, 0.25) is 0 Å². The third-order valence-corrected chi connectivity index (χ3v) is 3.75. The van der Waals surface area contributed by atoms with Gasteiger partial charge in [0.15, 0.2) is 0 Å². The third-order valence-electron chi connectivity index (χ3n) is 3.75. The van der Waals surface area contributed by atoms with Crippen molar-refractivity contribution in [2.45, 2.75) is 32.0 Å². The van der Waals surface area contributed by atoms with Crippen molar-refractivity contribution in [2.24, 2.45) is 0 Å². The lowest BCUT2D eigenvalue weighted by Crippen LogP contribution is -2.41. The number of hydrogen-bond acceptors (Lipinski definition) is 3. The van der Waals surface area contributed by atoms with E-state index in [1.165, 1.54) is 0 Å². The van der Waals surface area contributed by atoms with Gasteiger partial charge in [0, 0.05) is 13.1 Å². The zero-order valence-corrected chi connectivity index (χ0v) is 10.6. The van der Waals surface area contributed by atoms with Crippen LogP contribution in [0.25, 0.3) is 0 Å². The summed E-state index contributed by atoms with van der Waals surface area (Å²) in [6, 6.07) is 5.93. The molecule has 0 aromatic heterocycles. The van der Waals surface area contributed by atoms with E-state index in [-0.39, 0.29) is 6.61 Å². The van der Waals surface area contributed by atoms with Crippen LogP contribution in [-0.4, -0.2) is 35.3 Å². The Morgan fingerprint density at radius 1 is 1.29 bits per heavy atom. The lowest BCUT2D eigenvalue weighted by molar-refractivity contribution is -0.0217. The van der Waals surface area contributed by atoms with E-state index in [1.807, 2.05) is 25.1 Å². The van der Waals surface area contributed by atoms with Gasteiger partial charge in [0.2, 0.25) is 0 Å². The number of aliphatic hydroxyl groups is 2. The van der Waals surface area contributed by atoms with Crippen LogP contribution in [0.4, 0.5) is 0 Å². The predicted octanol–water partition coefficient (Wildman–Crippen LogP) is 1.40. The molecule has 1 aliphatic rings. The molecule has 0 spiro atoms. The number of likely N-dealkylation sites (tertiary alicyclic amines) is 1. The summed E-state index contributed by atoms with van der Waals surface area (Å²) in [4.78, 5) is 2.22. The summed E-state index contributed by atoms with van der Waals surface area (Å²) in [7, 11) is 2.07. The minimum atomic E-state index is -0.766. The van der Waals surface area contributed by atoms with E-state index in [0.717, 1.165) is 42.6 Å². The van der Waals surface area contributed by atoms with E-state index in [9.17, 15) is 10.2 Å². The zero-order valence-electron chi connectivity index (χ0n) is 10.6. The van der Waals surface area contributed by atoms with Crippen molar-refractivity contribution < 1.29 is 10.2 Å². The fourth-order valence-corrected chi connectivity index (χ4v) is 2.57. The van der Waals surface area contributed by atoms with Gasteiger partial charge in [-0.05, 0) is 37.9 Å². The van der Waals surface area contributed by atoms with E-state index in [0.29, 0.717) is 0 Å². The molecule has 0 unspecified atom stereocenters. The molecule has 2 N–H and O–H groups in total. The van der Waals surface area contributed by atoms with Crippen LogP contribution in [0.1, 0.15) is 29.5 Å². The van der Waals surface area contributed by atoms with Gasteiger partial charge in [-0.2, -0.15) is 0 Å². The molecule has 1 fully saturated rings. The predicted molar refractivity (Wildman–Crippen MR) is 67.7 cm³/mol. The van der Waals surface area contributed by atoms with Gasteiger partial charge in [-0.15, -0.1) is 0 Å². The van der Waals surface area contributed by atoms with Gasteiger partial charge in [0.25, 0.3) is 0 Å². The van der Waals surface area contributed by atoms with Crippen LogP contribution in [0.15, 0.2) is 18.2 Å². The van der Waals surface area contributed by atoms with Crippen LogP contribution >= 0.6 is 0 Å². The maximum absolute atomic E-state index is 10.7. The highest BCUT2D eigenvalue weighted by molar-refractivity contribution is 5.35. The molecule has 3 nitrogen and oxygen atoms in total. The van der Waals surface area contributed by atoms with Gasteiger partial charge in [-0.1, -0.05) is 23.8 Å². The minimum absolute atomic E-state index is 0.00480. The number of aryl methyl sites for hydroxylation is 1. The Morgan fingerprint density at radius 3 is 2.53 bits per heavy atom. The molecule has 1 heterocycles. The first-order valence-corrected chi connectivity index (χ1v) is 6.17. The largest absolute Gasteiger partial charge is 0.392 e. The fourth-order valence-electron chi connectivity index (χ4n) is 2.57. The normalized spacial score (nSPS) is 20.5. The van der Waals surface area contributed by atoms with Crippen molar-refractivity contribution >= 4 is 0 Å². The molecule has 1 aliphatic heterocycles. The van der Waals surface area contributed by atoms with Crippen molar-refractivity contribution in [3.05, 3.63) is 34.9 Å². The summed E-state index contributed by atoms with van der Waals surface area (Å²) in [6.45, 7) is 3.79. The zero-order chi connectivity index (χ0) is 12.5. The second-order valence-corrected chi connectivity index (χ2v) is 5.15. The van der Waals surface area contributed by atoms with Gasteiger partial charge in [-0.3, -0.25) is 0 Å². The van der Waals surface area contributed by atoms with E-state index in [1.54, 1.807) is 0 Å². The highest BCUT2D eigenvalue weighted by Gasteiger charge is 2.34. The minimum Gasteiger partial charge on any atom is -0.392 e. The Labute approximate surface area is 103 Å². The first-order valence-electron chi connectivity index (χ1n) is 6.17. The van der Waals surface area contributed by atoms with E-state index in [4.69, 9.17) is 0 Å². The topological polar surface area (TPSA) is 43.7 Å². The van der Waals surface area contributed by atoms with Gasteiger partial charge in [0.1, 0.15) is 0 Å². The van der Waals surface area contributed by atoms with E-state index < -0.39 is 5.60 Å². The molecule has 1 saturated heterocycles. The fraction of sp³-hybridized carbons (Fsp3) is 0.571. The standard InChI is InChI=1S/C14H21NO2/c1-11-3-4-13(12(9-11)10-16)14(17)5-7-15(2)8-6-14/h3-4,9,16-17H,5-8,10H2,1-2H3.